The lowest BCUT2D eigenvalue weighted by Gasteiger charge is -2.19. The second-order valence-electron chi connectivity index (χ2n) is 3.68. The molecule has 1 saturated carbocycles. The summed E-state index contributed by atoms with van der Waals surface area (Å²) in [4.78, 5) is 3.97. The molecule has 1 heterocycles. The number of aromatic nitrogens is 1. The van der Waals surface area contributed by atoms with E-state index in [1.807, 2.05) is 6.07 Å². The van der Waals surface area contributed by atoms with Crippen molar-refractivity contribution in [3.05, 3.63) is 23.5 Å². The molecule has 2 unspecified atom stereocenters. The quantitative estimate of drug-likeness (QED) is 0.744. The number of pyridine rings is 1. The van der Waals surface area contributed by atoms with Crippen LogP contribution in [-0.2, 0) is 4.74 Å². The smallest absolute Gasteiger partial charge is 0.138 e. The number of ether oxygens (including phenoxy) is 2. The Morgan fingerprint density at radius 3 is 2.80 bits per heavy atom. The standard InChI is InChI=1S/C11H14ClNO2/c1-14-9-3-2-4-10(9)15-8-5-6-11(12)13-7-8/h5-7,9-10H,2-4H2,1H3. The van der Waals surface area contributed by atoms with Gasteiger partial charge in [0.05, 0.1) is 12.3 Å². The van der Waals surface area contributed by atoms with Gasteiger partial charge in [-0.2, -0.15) is 0 Å². The van der Waals surface area contributed by atoms with Gasteiger partial charge in [-0.15, -0.1) is 0 Å². The van der Waals surface area contributed by atoms with Gasteiger partial charge in [-0.1, -0.05) is 11.6 Å². The molecule has 1 fully saturated rings. The molecule has 0 N–H and O–H groups in total. The summed E-state index contributed by atoms with van der Waals surface area (Å²) in [6.45, 7) is 0. The van der Waals surface area contributed by atoms with E-state index in [-0.39, 0.29) is 12.2 Å². The van der Waals surface area contributed by atoms with Crippen LogP contribution in [0.5, 0.6) is 5.75 Å². The van der Waals surface area contributed by atoms with Gasteiger partial charge >= 0.3 is 0 Å². The molecule has 0 aliphatic heterocycles. The summed E-state index contributed by atoms with van der Waals surface area (Å²) in [6, 6.07) is 3.56. The highest BCUT2D eigenvalue weighted by Gasteiger charge is 2.28. The topological polar surface area (TPSA) is 31.4 Å². The van der Waals surface area contributed by atoms with Crippen molar-refractivity contribution in [2.75, 3.05) is 7.11 Å². The van der Waals surface area contributed by atoms with Crippen molar-refractivity contribution in [2.45, 2.75) is 31.5 Å². The molecule has 0 radical (unpaired) electrons. The van der Waals surface area contributed by atoms with Gasteiger partial charge in [0.15, 0.2) is 0 Å². The van der Waals surface area contributed by atoms with E-state index >= 15 is 0 Å². The number of hydrogen-bond donors (Lipinski definition) is 0. The van der Waals surface area contributed by atoms with Gasteiger partial charge in [0.2, 0.25) is 0 Å². The zero-order valence-electron chi connectivity index (χ0n) is 8.65. The largest absolute Gasteiger partial charge is 0.486 e. The zero-order chi connectivity index (χ0) is 10.7. The lowest BCUT2D eigenvalue weighted by molar-refractivity contribution is 0.0227. The molecule has 82 valence electrons. The minimum Gasteiger partial charge on any atom is -0.486 e. The van der Waals surface area contributed by atoms with Gasteiger partial charge < -0.3 is 9.47 Å². The number of methoxy groups -OCH3 is 1. The molecule has 1 aromatic heterocycles. The molecule has 0 spiro atoms. The first-order valence-corrected chi connectivity index (χ1v) is 5.48. The SMILES string of the molecule is COC1CCCC1Oc1ccc(Cl)nc1. The van der Waals surface area contributed by atoms with Crippen LogP contribution in [-0.4, -0.2) is 24.3 Å². The van der Waals surface area contributed by atoms with Crippen molar-refractivity contribution in [3.63, 3.8) is 0 Å². The van der Waals surface area contributed by atoms with Crippen LogP contribution in [0.15, 0.2) is 18.3 Å². The third-order valence-electron chi connectivity index (χ3n) is 2.68. The summed E-state index contributed by atoms with van der Waals surface area (Å²) < 4.78 is 11.1. The van der Waals surface area contributed by atoms with Crippen molar-refractivity contribution in [1.29, 1.82) is 0 Å². The lowest BCUT2D eigenvalue weighted by Crippen LogP contribution is -2.27. The Bertz CT molecular complexity index is 315. The third kappa shape index (κ3) is 2.61. The van der Waals surface area contributed by atoms with Gasteiger partial charge in [-0.05, 0) is 31.4 Å². The Kier molecular flexibility index (Phi) is 3.44. The van der Waals surface area contributed by atoms with E-state index in [4.69, 9.17) is 21.1 Å². The first-order valence-electron chi connectivity index (χ1n) is 5.10. The van der Waals surface area contributed by atoms with Crippen LogP contribution in [0.1, 0.15) is 19.3 Å². The number of rotatable bonds is 3. The second-order valence-corrected chi connectivity index (χ2v) is 4.07. The zero-order valence-corrected chi connectivity index (χ0v) is 9.41. The summed E-state index contributed by atoms with van der Waals surface area (Å²) in [5.41, 5.74) is 0. The normalized spacial score (nSPS) is 25.5. The molecule has 0 aromatic carbocycles. The lowest BCUT2D eigenvalue weighted by atomic mass is 10.2. The summed E-state index contributed by atoms with van der Waals surface area (Å²) in [5.74, 6) is 0.758. The fourth-order valence-electron chi connectivity index (χ4n) is 1.90. The van der Waals surface area contributed by atoms with Crippen LogP contribution in [0, 0.1) is 0 Å². The molecule has 4 heteroatoms. The maximum Gasteiger partial charge on any atom is 0.138 e. The Labute approximate surface area is 94.4 Å². The van der Waals surface area contributed by atoms with Crippen molar-refractivity contribution < 1.29 is 9.47 Å². The number of halogens is 1. The van der Waals surface area contributed by atoms with Crippen LogP contribution in [0.25, 0.3) is 0 Å². The predicted molar refractivity (Wildman–Crippen MR) is 58.3 cm³/mol. The van der Waals surface area contributed by atoms with E-state index in [0.717, 1.165) is 25.0 Å². The average molecular weight is 228 g/mol. The van der Waals surface area contributed by atoms with E-state index in [9.17, 15) is 0 Å². The fraction of sp³-hybridized carbons (Fsp3) is 0.545. The van der Waals surface area contributed by atoms with Crippen molar-refractivity contribution in [1.82, 2.24) is 4.98 Å². The second kappa shape index (κ2) is 4.81. The van der Waals surface area contributed by atoms with Crippen LogP contribution < -0.4 is 4.74 Å². The highest BCUT2D eigenvalue weighted by molar-refractivity contribution is 6.29. The van der Waals surface area contributed by atoms with Crippen LogP contribution >= 0.6 is 11.6 Å². The first-order chi connectivity index (χ1) is 7.29. The number of hydrogen-bond acceptors (Lipinski definition) is 3. The van der Waals surface area contributed by atoms with E-state index in [0.29, 0.717) is 5.15 Å². The van der Waals surface area contributed by atoms with Gasteiger partial charge in [-0.3, -0.25) is 0 Å². The minimum absolute atomic E-state index is 0.151. The van der Waals surface area contributed by atoms with Crippen molar-refractivity contribution in [3.8, 4) is 5.75 Å². The third-order valence-corrected chi connectivity index (χ3v) is 2.91. The Balaban J connectivity index is 1.99. The molecule has 3 nitrogen and oxygen atoms in total. The van der Waals surface area contributed by atoms with E-state index in [2.05, 4.69) is 4.98 Å². The van der Waals surface area contributed by atoms with E-state index < -0.39 is 0 Å². The molecule has 15 heavy (non-hydrogen) atoms. The Morgan fingerprint density at radius 2 is 2.13 bits per heavy atom. The van der Waals surface area contributed by atoms with Gasteiger partial charge in [0.1, 0.15) is 17.0 Å². The maximum absolute atomic E-state index is 5.79. The molecule has 0 bridgehead atoms. The molecular weight excluding hydrogens is 214 g/mol. The van der Waals surface area contributed by atoms with Gasteiger partial charge in [0, 0.05) is 7.11 Å². The van der Waals surface area contributed by atoms with Crippen LogP contribution in [0.3, 0.4) is 0 Å². The van der Waals surface area contributed by atoms with Gasteiger partial charge in [-0.25, -0.2) is 4.98 Å². The van der Waals surface area contributed by atoms with Crippen molar-refractivity contribution in [2.24, 2.45) is 0 Å². The summed E-state index contributed by atoms with van der Waals surface area (Å²) in [5, 5.41) is 0.483. The molecule has 1 aliphatic rings. The highest BCUT2D eigenvalue weighted by Crippen LogP contribution is 2.26. The molecule has 0 amide bonds. The molecule has 2 atom stereocenters. The summed E-state index contributed by atoms with van der Waals surface area (Å²) >= 11 is 5.69. The predicted octanol–water partition coefficient (Wildman–Crippen LogP) is 2.68. The molecule has 2 rings (SSSR count). The maximum atomic E-state index is 5.79. The highest BCUT2D eigenvalue weighted by atomic mass is 35.5. The summed E-state index contributed by atoms with van der Waals surface area (Å²) in [7, 11) is 1.73. The Hall–Kier alpha value is -0.800. The number of nitrogens with zero attached hydrogens (tertiary/aromatic N) is 1. The Morgan fingerprint density at radius 1 is 1.33 bits per heavy atom. The average Bonchev–Trinajstić information content (AvgIpc) is 2.69. The van der Waals surface area contributed by atoms with E-state index in [1.54, 1.807) is 19.4 Å². The van der Waals surface area contributed by atoms with E-state index in [1.165, 1.54) is 0 Å². The van der Waals surface area contributed by atoms with Crippen molar-refractivity contribution >= 4 is 11.6 Å². The monoisotopic (exact) mass is 227 g/mol. The van der Waals surface area contributed by atoms with Crippen LogP contribution in [0.4, 0.5) is 0 Å². The minimum atomic E-state index is 0.151. The fourth-order valence-corrected chi connectivity index (χ4v) is 2.01. The molecule has 0 saturated heterocycles. The first kappa shape index (κ1) is 10.7. The molecular formula is C11H14ClNO2. The van der Waals surface area contributed by atoms with Crippen LogP contribution in [0.2, 0.25) is 5.15 Å². The molecule has 1 aromatic rings. The van der Waals surface area contributed by atoms with Gasteiger partial charge in [0.25, 0.3) is 0 Å². The summed E-state index contributed by atoms with van der Waals surface area (Å²) in [6.07, 6.45) is 5.28. The molecule has 1 aliphatic carbocycles.